The van der Waals surface area contributed by atoms with Crippen LogP contribution in [0.15, 0.2) is 12.1 Å². The van der Waals surface area contributed by atoms with E-state index in [0.29, 0.717) is 22.8 Å². The van der Waals surface area contributed by atoms with Gasteiger partial charge in [0.1, 0.15) is 35.0 Å². The van der Waals surface area contributed by atoms with E-state index in [0.717, 1.165) is 19.3 Å². The number of aliphatic hydroxyl groups is 1. The smallest absolute Gasteiger partial charge is 0.144 e. The van der Waals surface area contributed by atoms with Gasteiger partial charge in [-0.25, -0.2) is 0 Å². The zero-order chi connectivity index (χ0) is 25.6. The lowest BCUT2D eigenvalue weighted by molar-refractivity contribution is 0.105. The van der Waals surface area contributed by atoms with Gasteiger partial charge in [-0.3, -0.25) is 0 Å². The van der Waals surface area contributed by atoms with E-state index in [-0.39, 0.29) is 12.7 Å². The number of benzene rings is 1. The van der Waals surface area contributed by atoms with E-state index >= 15 is 0 Å². The Balaban J connectivity index is 2.06. The number of hydrogen-bond donors (Lipinski definition) is 1. The molecule has 0 saturated carbocycles. The van der Waals surface area contributed by atoms with E-state index in [1.165, 1.54) is 111 Å². The molecule has 0 spiro atoms. The van der Waals surface area contributed by atoms with Crippen molar-refractivity contribution in [2.45, 2.75) is 129 Å². The number of methoxy groups -OCH3 is 2. The molecule has 0 bridgehead atoms. The van der Waals surface area contributed by atoms with Gasteiger partial charge in [-0.1, -0.05) is 110 Å². The summed E-state index contributed by atoms with van der Waals surface area (Å²) in [5.41, 5.74) is 0.344. The van der Waals surface area contributed by atoms with Crippen LogP contribution in [0.3, 0.4) is 0 Å². The van der Waals surface area contributed by atoms with Crippen LogP contribution in [0, 0.1) is 11.3 Å². The summed E-state index contributed by atoms with van der Waals surface area (Å²) in [5.74, 6) is 1.37. The molecule has 0 radical (unpaired) electrons. The van der Waals surface area contributed by atoms with Crippen LogP contribution in [0.25, 0.3) is 0 Å². The summed E-state index contributed by atoms with van der Waals surface area (Å²) < 4.78 is 16.5. The highest BCUT2D eigenvalue weighted by Crippen LogP contribution is 2.34. The van der Waals surface area contributed by atoms with Gasteiger partial charge in [0.15, 0.2) is 0 Å². The first-order chi connectivity index (χ1) is 17.2. The lowest BCUT2D eigenvalue weighted by atomic mass is 10.0. The predicted octanol–water partition coefficient (Wildman–Crippen LogP) is 8.36. The molecule has 0 unspecified atom stereocenters. The Bertz CT molecular complexity index is 660. The number of rotatable bonds is 23. The molecule has 1 N–H and O–H groups in total. The maximum absolute atomic E-state index is 9.74. The summed E-state index contributed by atoms with van der Waals surface area (Å²) in [6.45, 7) is 2.24. The Hall–Kier alpha value is -1.93. The molecule has 0 aliphatic heterocycles. The Kier molecular flexibility index (Phi) is 19.0. The maximum Gasteiger partial charge on any atom is 0.144 e. The third-order valence-corrected chi connectivity index (χ3v) is 6.73. The maximum atomic E-state index is 9.74. The molecule has 0 aromatic heterocycles. The quantitative estimate of drug-likeness (QED) is 0.156. The highest BCUT2D eigenvalue weighted by atomic mass is 16.5. The van der Waals surface area contributed by atoms with Crippen LogP contribution in [-0.4, -0.2) is 32.0 Å². The molecule has 200 valence electrons. The van der Waals surface area contributed by atoms with Crippen molar-refractivity contribution in [2.24, 2.45) is 0 Å². The van der Waals surface area contributed by atoms with E-state index in [2.05, 4.69) is 13.0 Å². The minimum Gasteiger partial charge on any atom is -0.495 e. The monoisotopic (exact) mass is 489 g/mol. The van der Waals surface area contributed by atoms with E-state index in [1.807, 2.05) is 0 Å². The molecule has 1 atom stereocenters. The molecule has 5 nitrogen and oxygen atoms in total. The minimum atomic E-state index is -0.270. The number of ether oxygens (including phenoxy) is 3. The summed E-state index contributed by atoms with van der Waals surface area (Å²) in [6.07, 6.45) is 23.5. The van der Waals surface area contributed by atoms with Gasteiger partial charge < -0.3 is 19.3 Å². The lowest BCUT2D eigenvalue weighted by Crippen LogP contribution is -2.21. The van der Waals surface area contributed by atoms with Crippen molar-refractivity contribution in [1.29, 1.82) is 5.26 Å². The highest BCUT2D eigenvalue weighted by molar-refractivity contribution is 5.57. The Morgan fingerprint density at radius 1 is 0.714 bits per heavy atom. The summed E-state index contributed by atoms with van der Waals surface area (Å²) in [7, 11) is 3.03. The molecule has 0 aliphatic rings. The lowest BCUT2D eigenvalue weighted by Gasteiger charge is -2.18. The summed E-state index contributed by atoms with van der Waals surface area (Å²) in [6, 6.07) is 5.45. The van der Waals surface area contributed by atoms with E-state index in [1.54, 1.807) is 12.1 Å². The molecule has 5 heteroatoms. The van der Waals surface area contributed by atoms with Crippen LogP contribution in [0.5, 0.6) is 17.2 Å². The first kappa shape index (κ1) is 31.1. The van der Waals surface area contributed by atoms with Gasteiger partial charge >= 0.3 is 0 Å². The molecule has 0 heterocycles. The second-order valence-corrected chi connectivity index (χ2v) is 9.68. The number of nitriles is 1. The topological polar surface area (TPSA) is 71.7 Å². The fourth-order valence-electron chi connectivity index (χ4n) is 4.54. The van der Waals surface area contributed by atoms with E-state index in [4.69, 9.17) is 14.2 Å². The predicted molar refractivity (Wildman–Crippen MR) is 145 cm³/mol. The van der Waals surface area contributed by atoms with Crippen LogP contribution >= 0.6 is 0 Å². The van der Waals surface area contributed by atoms with Crippen molar-refractivity contribution in [3.8, 4) is 23.3 Å². The van der Waals surface area contributed by atoms with Crippen molar-refractivity contribution in [3.05, 3.63) is 17.7 Å². The summed E-state index contributed by atoms with van der Waals surface area (Å²) >= 11 is 0. The minimum absolute atomic E-state index is 0.0382. The molecule has 1 aromatic carbocycles. The van der Waals surface area contributed by atoms with Gasteiger partial charge in [0, 0.05) is 12.1 Å². The number of aliphatic hydroxyl groups excluding tert-OH is 1. The standard InChI is InChI=1S/C30H51NO4/c1-4-5-6-7-8-9-10-11-12-13-14-15-16-17-18-19-20-21-26(25-32)35-27-22-29(33-2)28(24-31)30(23-27)34-3/h22-23,26,32H,4-21,25H2,1-3H3/t26-/m1/s1. The molecule has 35 heavy (non-hydrogen) atoms. The third-order valence-electron chi connectivity index (χ3n) is 6.73. The van der Waals surface area contributed by atoms with Crippen molar-refractivity contribution in [3.63, 3.8) is 0 Å². The van der Waals surface area contributed by atoms with Crippen molar-refractivity contribution in [1.82, 2.24) is 0 Å². The van der Waals surface area contributed by atoms with Gasteiger partial charge in [-0.15, -0.1) is 0 Å². The van der Waals surface area contributed by atoms with Gasteiger partial charge in [0.05, 0.1) is 20.8 Å². The molecule has 1 aromatic rings. The molecule has 0 aliphatic carbocycles. The van der Waals surface area contributed by atoms with E-state index < -0.39 is 0 Å². The van der Waals surface area contributed by atoms with Gasteiger partial charge in [-0.2, -0.15) is 5.26 Å². The summed E-state index contributed by atoms with van der Waals surface area (Å²) in [5, 5.41) is 19.0. The summed E-state index contributed by atoms with van der Waals surface area (Å²) in [4.78, 5) is 0. The fraction of sp³-hybridized carbons (Fsp3) is 0.767. The molecular weight excluding hydrogens is 438 g/mol. The molecular formula is C30H51NO4. The van der Waals surface area contributed by atoms with Crippen LogP contribution in [-0.2, 0) is 0 Å². The highest BCUT2D eigenvalue weighted by Gasteiger charge is 2.16. The van der Waals surface area contributed by atoms with Gasteiger partial charge in [-0.05, 0) is 12.8 Å². The zero-order valence-corrected chi connectivity index (χ0v) is 22.8. The van der Waals surface area contributed by atoms with Gasteiger partial charge in [0.25, 0.3) is 0 Å². The first-order valence-corrected chi connectivity index (χ1v) is 14.1. The van der Waals surface area contributed by atoms with Crippen LogP contribution in [0.4, 0.5) is 0 Å². The number of hydrogen-bond acceptors (Lipinski definition) is 5. The van der Waals surface area contributed by atoms with Crippen molar-refractivity contribution in [2.75, 3.05) is 20.8 Å². The SMILES string of the molecule is CCCCCCCCCCCCCCCCCCC[C@H](CO)Oc1cc(OC)c(C#N)c(OC)c1. The Morgan fingerprint density at radius 3 is 1.46 bits per heavy atom. The van der Waals surface area contributed by atoms with Crippen LogP contribution < -0.4 is 14.2 Å². The number of unbranched alkanes of at least 4 members (excludes halogenated alkanes) is 16. The Morgan fingerprint density at radius 2 is 1.11 bits per heavy atom. The largest absolute Gasteiger partial charge is 0.495 e. The van der Waals surface area contributed by atoms with Crippen molar-refractivity contribution < 1.29 is 19.3 Å². The normalized spacial score (nSPS) is 11.7. The number of nitrogens with zero attached hydrogens (tertiary/aromatic N) is 1. The van der Waals surface area contributed by atoms with E-state index in [9.17, 15) is 10.4 Å². The molecule has 0 amide bonds. The molecule has 1 rings (SSSR count). The second kappa shape index (κ2) is 21.4. The fourth-order valence-corrected chi connectivity index (χ4v) is 4.54. The average Bonchev–Trinajstić information content (AvgIpc) is 2.88. The van der Waals surface area contributed by atoms with Gasteiger partial charge in [0.2, 0.25) is 0 Å². The Labute approximate surface area is 215 Å². The van der Waals surface area contributed by atoms with Crippen LogP contribution in [0.2, 0.25) is 0 Å². The van der Waals surface area contributed by atoms with Crippen molar-refractivity contribution >= 4 is 0 Å². The average molecular weight is 490 g/mol. The third kappa shape index (κ3) is 14.3. The van der Waals surface area contributed by atoms with Crippen LogP contribution in [0.1, 0.15) is 128 Å². The molecule has 0 fully saturated rings. The zero-order valence-electron chi connectivity index (χ0n) is 22.8. The second-order valence-electron chi connectivity index (χ2n) is 9.68. The first-order valence-electron chi connectivity index (χ1n) is 14.1. The molecule has 0 saturated heterocycles.